The van der Waals surface area contributed by atoms with E-state index in [4.69, 9.17) is 26.9 Å². The standard InChI is InChI=1S/C15H11ClN2O3/c1-2-21-14-12(19)10-5-3-4-6-11(10)13(20)15(14,16)9(7-17)8-18/h3-6,9,19H,2H2,1H3. The van der Waals surface area contributed by atoms with Gasteiger partial charge in [0, 0.05) is 11.1 Å². The lowest BCUT2D eigenvalue weighted by Gasteiger charge is -2.33. The Bertz CT molecular complexity index is 700. The van der Waals surface area contributed by atoms with E-state index >= 15 is 0 Å². The fraction of sp³-hybridized carbons (Fsp3) is 0.267. The van der Waals surface area contributed by atoms with E-state index in [1.54, 1.807) is 37.3 Å². The van der Waals surface area contributed by atoms with Crippen molar-refractivity contribution in [3.05, 3.63) is 41.2 Å². The number of carbonyl (C=O) groups excluding carboxylic acids is 1. The zero-order valence-corrected chi connectivity index (χ0v) is 11.9. The number of aliphatic hydroxyl groups excluding tert-OH is 1. The fourth-order valence-electron chi connectivity index (χ4n) is 2.27. The van der Waals surface area contributed by atoms with Crippen LogP contribution >= 0.6 is 11.6 Å². The van der Waals surface area contributed by atoms with Crippen LogP contribution in [0.3, 0.4) is 0 Å². The molecule has 0 bridgehead atoms. The van der Waals surface area contributed by atoms with Gasteiger partial charge in [0.25, 0.3) is 0 Å². The maximum absolute atomic E-state index is 12.7. The maximum Gasteiger partial charge on any atom is 0.196 e. The highest BCUT2D eigenvalue weighted by Crippen LogP contribution is 2.45. The van der Waals surface area contributed by atoms with Crippen LogP contribution in [-0.2, 0) is 4.74 Å². The van der Waals surface area contributed by atoms with Crippen LogP contribution in [0.25, 0.3) is 5.76 Å². The van der Waals surface area contributed by atoms with Crippen LogP contribution in [0.15, 0.2) is 30.0 Å². The molecule has 106 valence electrons. The Morgan fingerprint density at radius 2 is 1.90 bits per heavy atom. The molecular formula is C15H11ClN2O3. The van der Waals surface area contributed by atoms with Crippen LogP contribution in [0.1, 0.15) is 22.8 Å². The number of ketones is 1. The zero-order chi connectivity index (χ0) is 15.6. The molecule has 0 aliphatic heterocycles. The number of fused-ring (bicyclic) bond motifs is 1. The molecule has 6 heteroatoms. The van der Waals surface area contributed by atoms with Crippen LogP contribution in [-0.4, -0.2) is 22.4 Å². The van der Waals surface area contributed by atoms with E-state index in [2.05, 4.69) is 0 Å². The highest BCUT2D eigenvalue weighted by atomic mass is 35.5. The molecule has 0 radical (unpaired) electrons. The monoisotopic (exact) mass is 302 g/mol. The summed E-state index contributed by atoms with van der Waals surface area (Å²) in [5, 5.41) is 28.6. The first-order chi connectivity index (χ1) is 10.0. The summed E-state index contributed by atoms with van der Waals surface area (Å²) in [6.07, 6.45) is 0. The summed E-state index contributed by atoms with van der Waals surface area (Å²) in [4.78, 5) is 10.6. The highest BCUT2D eigenvalue weighted by molar-refractivity contribution is 6.42. The van der Waals surface area contributed by atoms with Gasteiger partial charge in [0.15, 0.2) is 28.1 Å². The third kappa shape index (κ3) is 2.03. The first-order valence-electron chi connectivity index (χ1n) is 6.21. The van der Waals surface area contributed by atoms with E-state index in [9.17, 15) is 9.90 Å². The Kier molecular flexibility index (Phi) is 3.88. The van der Waals surface area contributed by atoms with Gasteiger partial charge in [-0.3, -0.25) is 4.79 Å². The number of alkyl halides is 1. The predicted molar refractivity (Wildman–Crippen MR) is 75.2 cm³/mol. The summed E-state index contributed by atoms with van der Waals surface area (Å²) < 4.78 is 5.30. The lowest BCUT2D eigenvalue weighted by Crippen LogP contribution is -2.45. The summed E-state index contributed by atoms with van der Waals surface area (Å²) in [6, 6.07) is 9.68. The molecule has 0 saturated heterocycles. The third-order valence-electron chi connectivity index (χ3n) is 3.25. The molecule has 1 atom stereocenters. The van der Waals surface area contributed by atoms with Gasteiger partial charge in [-0.25, -0.2) is 0 Å². The van der Waals surface area contributed by atoms with Crippen molar-refractivity contribution in [3.8, 4) is 12.1 Å². The number of ether oxygens (including phenoxy) is 1. The van der Waals surface area contributed by atoms with Crippen molar-refractivity contribution in [2.45, 2.75) is 11.8 Å². The van der Waals surface area contributed by atoms with E-state index in [-0.39, 0.29) is 29.3 Å². The van der Waals surface area contributed by atoms with Gasteiger partial charge in [0.05, 0.1) is 18.7 Å². The molecule has 1 aliphatic carbocycles. The first-order valence-corrected chi connectivity index (χ1v) is 6.59. The lowest BCUT2D eigenvalue weighted by atomic mass is 9.78. The first kappa shape index (κ1) is 14.9. The van der Waals surface area contributed by atoms with E-state index in [1.807, 2.05) is 0 Å². The van der Waals surface area contributed by atoms with E-state index in [1.165, 1.54) is 6.07 Å². The summed E-state index contributed by atoms with van der Waals surface area (Å²) in [5.41, 5.74) is 0.431. The van der Waals surface area contributed by atoms with E-state index in [0.29, 0.717) is 0 Å². The Hall–Kier alpha value is -2.50. The number of nitrogens with zero attached hydrogens (tertiary/aromatic N) is 2. The van der Waals surface area contributed by atoms with Gasteiger partial charge in [0.1, 0.15) is 0 Å². The van der Waals surface area contributed by atoms with Gasteiger partial charge in [-0.15, -0.1) is 0 Å². The van der Waals surface area contributed by atoms with Crippen molar-refractivity contribution in [1.82, 2.24) is 0 Å². The third-order valence-corrected chi connectivity index (χ3v) is 3.81. The van der Waals surface area contributed by atoms with Gasteiger partial charge >= 0.3 is 0 Å². The molecule has 0 amide bonds. The number of nitriles is 2. The van der Waals surface area contributed by atoms with Crippen molar-refractivity contribution in [1.29, 1.82) is 10.5 Å². The Morgan fingerprint density at radius 1 is 1.33 bits per heavy atom. The van der Waals surface area contributed by atoms with Crippen molar-refractivity contribution < 1.29 is 14.6 Å². The minimum absolute atomic E-state index is 0.132. The topological polar surface area (TPSA) is 94.1 Å². The summed E-state index contributed by atoms with van der Waals surface area (Å²) in [5.74, 6) is -2.68. The molecule has 1 aliphatic rings. The van der Waals surface area contributed by atoms with Gasteiger partial charge in [-0.1, -0.05) is 35.9 Å². The molecule has 0 fully saturated rings. The van der Waals surface area contributed by atoms with Gasteiger partial charge in [-0.05, 0) is 6.92 Å². The van der Waals surface area contributed by atoms with E-state index < -0.39 is 16.6 Å². The summed E-state index contributed by atoms with van der Waals surface area (Å²) in [6.45, 7) is 1.78. The SMILES string of the molecule is CCOC1=C(O)c2ccccc2C(=O)C1(Cl)C(C#N)C#N. The van der Waals surface area contributed by atoms with Crippen LogP contribution in [0.4, 0.5) is 0 Å². The lowest BCUT2D eigenvalue weighted by molar-refractivity contribution is 0.0877. The molecule has 0 heterocycles. The second-order valence-electron chi connectivity index (χ2n) is 4.39. The quantitative estimate of drug-likeness (QED) is 0.866. The Balaban J connectivity index is 2.79. The van der Waals surface area contributed by atoms with Crippen molar-refractivity contribution in [2.75, 3.05) is 6.61 Å². The van der Waals surface area contributed by atoms with Crippen LogP contribution < -0.4 is 0 Å². The van der Waals surface area contributed by atoms with Gasteiger partial charge in [-0.2, -0.15) is 10.5 Å². The van der Waals surface area contributed by atoms with Crippen LogP contribution in [0.5, 0.6) is 0 Å². The number of aliphatic hydroxyl groups is 1. The number of allylic oxidation sites excluding steroid dienone is 1. The molecule has 2 rings (SSSR count). The van der Waals surface area contributed by atoms with Crippen LogP contribution in [0, 0.1) is 28.6 Å². The molecule has 0 saturated carbocycles. The molecule has 0 spiro atoms. The zero-order valence-electron chi connectivity index (χ0n) is 11.1. The predicted octanol–water partition coefficient (Wildman–Crippen LogP) is 2.79. The fourth-order valence-corrected chi connectivity index (χ4v) is 2.61. The number of benzene rings is 1. The Labute approximate surface area is 126 Å². The van der Waals surface area contributed by atoms with Crippen molar-refractivity contribution in [3.63, 3.8) is 0 Å². The number of hydrogen-bond donors (Lipinski definition) is 1. The Morgan fingerprint density at radius 3 is 2.43 bits per heavy atom. The molecule has 0 aromatic heterocycles. The smallest absolute Gasteiger partial charge is 0.196 e. The molecule has 1 N–H and O–H groups in total. The molecular weight excluding hydrogens is 292 g/mol. The molecule has 21 heavy (non-hydrogen) atoms. The number of rotatable bonds is 3. The average Bonchev–Trinajstić information content (AvgIpc) is 2.51. The second kappa shape index (κ2) is 5.47. The summed E-state index contributed by atoms with van der Waals surface area (Å²) in [7, 11) is 0. The minimum Gasteiger partial charge on any atom is -0.504 e. The van der Waals surface area contributed by atoms with E-state index in [0.717, 1.165) is 0 Å². The normalized spacial score (nSPS) is 20.7. The van der Waals surface area contributed by atoms with Crippen molar-refractivity contribution in [2.24, 2.45) is 5.92 Å². The number of hydrogen-bond acceptors (Lipinski definition) is 5. The second-order valence-corrected chi connectivity index (χ2v) is 4.98. The summed E-state index contributed by atoms with van der Waals surface area (Å²) >= 11 is 6.32. The average molecular weight is 303 g/mol. The maximum atomic E-state index is 12.7. The molecule has 1 unspecified atom stereocenters. The number of halogens is 1. The largest absolute Gasteiger partial charge is 0.504 e. The number of Topliss-reactive ketones (excluding diaryl/α,β-unsaturated/α-hetero) is 1. The van der Waals surface area contributed by atoms with Crippen molar-refractivity contribution >= 4 is 23.1 Å². The molecule has 1 aromatic carbocycles. The minimum atomic E-state index is -2.04. The van der Waals surface area contributed by atoms with Gasteiger partial charge in [0.2, 0.25) is 0 Å². The molecule has 5 nitrogen and oxygen atoms in total. The number of carbonyl (C=O) groups is 1. The highest BCUT2D eigenvalue weighted by Gasteiger charge is 2.55. The van der Waals surface area contributed by atoms with Crippen LogP contribution in [0.2, 0.25) is 0 Å². The molecule has 1 aromatic rings. The van der Waals surface area contributed by atoms with Gasteiger partial charge < -0.3 is 9.84 Å².